The quantitative estimate of drug-likeness (QED) is 0.598. The first-order chi connectivity index (χ1) is 11.2. The van der Waals surface area contributed by atoms with Crippen LogP contribution < -0.4 is 0 Å². The molecule has 1 aliphatic rings. The Balaban J connectivity index is 2.74. The van der Waals surface area contributed by atoms with Gasteiger partial charge in [0.05, 0.1) is 0 Å². The molecule has 2 rings (SSSR count). The predicted octanol–water partition coefficient (Wildman–Crippen LogP) is 6.54. The fourth-order valence-corrected chi connectivity index (χ4v) is 3.92. The van der Waals surface area contributed by atoms with Gasteiger partial charge in [0.2, 0.25) is 0 Å². The lowest BCUT2D eigenvalue weighted by Gasteiger charge is -2.34. The van der Waals surface area contributed by atoms with Gasteiger partial charge in [-0.1, -0.05) is 92.6 Å². The molecule has 0 heterocycles. The van der Waals surface area contributed by atoms with Gasteiger partial charge in [0.15, 0.2) is 5.78 Å². The maximum atomic E-state index is 13.6. The number of rotatable bonds is 2. The molecule has 0 saturated heterocycles. The molecular formula is C24H34O. The summed E-state index contributed by atoms with van der Waals surface area (Å²) in [5.74, 6) is 0.256. The van der Waals surface area contributed by atoms with Crippen molar-refractivity contribution in [2.45, 2.75) is 68.7 Å². The van der Waals surface area contributed by atoms with Crippen molar-refractivity contribution in [2.75, 3.05) is 0 Å². The van der Waals surface area contributed by atoms with Crippen molar-refractivity contribution in [3.8, 4) is 0 Å². The molecule has 0 atom stereocenters. The number of carbonyl (C=O) groups excluding carboxylic acids is 1. The highest BCUT2D eigenvalue weighted by molar-refractivity contribution is 6.14. The van der Waals surface area contributed by atoms with E-state index in [1.54, 1.807) is 0 Å². The van der Waals surface area contributed by atoms with Crippen molar-refractivity contribution in [3.63, 3.8) is 0 Å². The van der Waals surface area contributed by atoms with Gasteiger partial charge in [-0.3, -0.25) is 4.79 Å². The number of hydrogen-bond acceptors (Lipinski definition) is 1. The zero-order valence-corrected chi connectivity index (χ0v) is 17.5. The minimum Gasteiger partial charge on any atom is -0.289 e. The molecule has 0 radical (unpaired) electrons. The minimum atomic E-state index is -0.158. The maximum absolute atomic E-state index is 13.6. The molecule has 0 aliphatic heterocycles. The van der Waals surface area contributed by atoms with Gasteiger partial charge in [-0.2, -0.15) is 0 Å². The van der Waals surface area contributed by atoms with Crippen LogP contribution in [0.2, 0.25) is 0 Å². The van der Waals surface area contributed by atoms with E-state index in [4.69, 9.17) is 0 Å². The first kappa shape index (κ1) is 19.7. The molecule has 0 bridgehead atoms. The second-order valence-electron chi connectivity index (χ2n) is 10.3. The van der Waals surface area contributed by atoms with Gasteiger partial charge in [0.25, 0.3) is 0 Å². The lowest BCUT2D eigenvalue weighted by Crippen LogP contribution is -2.24. The smallest absolute Gasteiger partial charge is 0.186 e. The third-order valence-corrected chi connectivity index (χ3v) is 4.78. The van der Waals surface area contributed by atoms with Gasteiger partial charge < -0.3 is 0 Å². The minimum absolute atomic E-state index is 0.0562. The van der Waals surface area contributed by atoms with Gasteiger partial charge in [-0.25, -0.2) is 0 Å². The molecule has 0 aromatic heterocycles. The Labute approximate surface area is 154 Å². The third-order valence-electron chi connectivity index (χ3n) is 4.78. The monoisotopic (exact) mass is 338 g/mol. The summed E-state index contributed by atoms with van der Waals surface area (Å²) >= 11 is 0. The highest BCUT2D eigenvalue weighted by Gasteiger charge is 2.44. The molecule has 0 fully saturated rings. The van der Waals surface area contributed by atoms with Crippen LogP contribution >= 0.6 is 0 Å². The number of allylic oxidation sites excluding steroid dienone is 4. The highest BCUT2D eigenvalue weighted by atomic mass is 16.1. The molecule has 1 aliphatic carbocycles. The Morgan fingerprint density at radius 1 is 0.640 bits per heavy atom. The lowest BCUT2D eigenvalue weighted by molar-refractivity contribution is -0.113. The summed E-state index contributed by atoms with van der Waals surface area (Å²) in [4.78, 5) is 13.6. The van der Waals surface area contributed by atoms with E-state index in [2.05, 4.69) is 86.6 Å². The van der Waals surface area contributed by atoms with Gasteiger partial charge in [-0.15, -0.1) is 0 Å². The van der Waals surface area contributed by atoms with Gasteiger partial charge >= 0.3 is 0 Å². The normalized spacial score (nSPS) is 16.9. The predicted molar refractivity (Wildman–Crippen MR) is 108 cm³/mol. The molecule has 0 saturated carbocycles. The van der Waals surface area contributed by atoms with Crippen LogP contribution in [0.15, 0.2) is 52.6 Å². The molecular weight excluding hydrogens is 304 g/mol. The van der Waals surface area contributed by atoms with E-state index in [0.717, 1.165) is 11.1 Å². The molecule has 0 N–H and O–H groups in total. The number of Topliss-reactive ketones (excluding diaryl/α,β-unsaturated/α-hetero) is 1. The average Bonchev–Trinajstić information content (AvgIpc) is 2.73. The van der Waals surface area contributed by atoms with Crippen molar-refractivity contribution in [1.29, 1.82) is 0 Å². The first-order valence-electron chi connectivity index (χ1n) is 9.32. The second-order valence-corrected chi connectivity index (χ2v) is 10.3. The summed E-state index contributed by atoms with van der Waals surface area (Å²) in [6, 6.07) is 10.4. The number of hydrogen-bond donors (Lipinski definition) is 0. The fraction of sp³-hybridized carbons (Fsp3) is 0.542. The van der Waals surface area contributed by atoms with E-state index in [0.29, 0.717) is 6.42 Å². The standard InChI is InChI=1S/C24H34O/c1-22(2,3)18-17(15-16-13-11-10-12-14-16)21(25)20(24(7,8)9)19(18)23(4,5)6/h10-14H,15H2,1-9H3. The summed E-state index contributed by atoms with van der Waals surface area (Å²) < 4.78 is 0. The van der Waals surface area contributed by atoms with Crippen LogP contribution in [0.25, 0.3) is 0 Å². The first-order valence-corrected chi connectivity index (χ1v) is 9.32. The number of ketones is 1. The van der Waals surface area contributed by atoms with Crippen molar-refractivity contribution in [1.82, 2.24) is 0 Å². The van der Waals surface area contributed by atoms with Crippen LogP contribution in [0.1, 0.15) is 67.9 Å². The van der Waals surface area contributed by atoms with E-state index in [-0.39, 0.29) is 22.0 Å². The Bertz CT molecular complexity index is 723. The molecule has 0 amide bonds. The number of benzene rings is 1. The zero-order valence-electron chi connectivity index (χ0n) is 17.5. The highest BCUT2D eigenvalue weighted by Crippen LogP contribution is 2.52. The van der Waals surface area contributed by atoms with Gasteiger partial charge in [0, 0.05) is 17.6 Å². The molecule has 136 valence electrons. The van der Waals surface area contributed by atoms with Crippen LogP contribution in [0, 0.1) is 16.2 Å². The number of carbonyl (C=O) groups is 1. The SMILES string of the molecule is CC(C)(C)C1=C(Cc2ccccc2)C(=O)C(C(C)(C)C)=C1C(C)(C)C. The molecule has 1 nitrogen and oxygen atoms in total. The summed E-state index contributed by atoms with van der Waals surface area (Å²) in [6.07, 6.45) is 0.714. The Morgan fingerprint density at radius 2 is 1.08 bits per heavy atom. The molecule has 0 spiro atoms. The lowest BCUT2D eigenvalue weighted by atomic mass is 9.69. The molecule has 1 aromatic carbocycles. The Hall–Kier alpha value is -1.63. The molecule has 25 heavy (non-hydrogen) atoms. The van der Waals surface area contributed by atoms with E-state index < -0.39 is 0 Å². The van der Waals surface area contributed by atoms with Gasteiger partial charge in [0.1, 0.15) is 0 Å². The Kier molecular flexibility index (Phi) is 4.94. The van der Waals surface area contributed by atoms with E-state index >= 15 is 0 Å². The van der Waals surface area contributed by atoms with Crippen LogP contribution in [0.3, 0.4) is 0 Å². The van der Waals surface area contributed by atoms with Crippen LogP contribution in [-0.4, -0.2) is 5.78 Å². The van der Waals surface area contributed by atoms with E-state index in [1.807, 2.05) is 6.07 Å². The summed E-state index contributed by atoms with van der Waals surface area (Å²) in [6.45, 7) is 19.9. The summed E-state index contributed by atoms with van der Waals surface area (Å²) in [5.41, 5.74) is 5.46. The molecule has 0 unspecified atom stereocenters. The van der Waals surface area contributed by atoms with Gasteiger partial charge in [-0.05, 0) is 33.0 Å². The molecule has 1 aromatic rings. The van der Waals surface area contributed by atoms with Crippen LogP contribution in [0.5, 0.6) is 0 Å². The van der Waals surface area contributed by atoms with E-state index in [9.17, 15) is 4.79 Å². The third kappa shape index (κ3) is 3.97. The average molecular weight is 339 g/mol. The van der Waals surface area contributed by atoms with Crippen molar-refractivity contribution >= 4 is 5.78 Å². The topological polar surface area (TPSA) is 17.1 Å². The Morgan fingerprint density at radius 3 is 1.48 bits per heavy atom. The summed E-state index contributed by atoms with van der Waals surface area (Å²) in [7, 11) is 0. The zero-order chi connectivity index (χ0) is 19.2. The largest absolute Gasteiger partial charge is 0.289 e. The van der Waals surface area contributed by atoms with Crippen molar-refractivity contribution in [3.05, 3.63) is 58.2 Å². The second kappa shape index (κ2) is 6.27. The fourth-order valence-electron chi connectivity index (χ4n) is 3.92. The maximum Gasteiger partial charge on any atom is 0.186 e. The van der Waals surface area contributed by atoms with Crippen LogP contribution in [0.4, 0.5) is 0 Å². The van der Waals surface area contributed by atoms with Crippen LogP contribution in [-0.2, 0) is 11.2 Å². The van der Waals surface area contributed by atoms with Crippen molar-refractivity contribution in [2.24, 2.45) is 16.2 Å². The van der Waals surface area contributed by atoms with Crippen molar-refractivity contribution < 1.29 is 4.79 Å². The molecule has 1 heteroatoms. The summed E-state index contributed by atoms with van der Waals surface area (Å²) in [5, 5.41) is 0. The van der Waals surface area contributed by atoms with E-state index in [1.165, 1.54) is 16.7 Å².